The first kappa shape index (κ1) is 19.5. The first-order valence-electron chi connectivity index (χ1n) is 10.7. The summed E-state index contributed by atoms with van der Waals surface area (Å²) in [6.45, 7) is 4.04. The van der Waals surface area contributed by atoms with Crippen molar-refractivity contribution in [3.63, 3.8) is 0 Å². The monoisotopic (exact) mass is 423 g/mol. The van der Waals surface area contributed by atoms with Gasteiger partial charge in [0.15, 0.2) is 0 Å². The van der Waals surface area contributed by atoms with Crippen molar-refractivity contribution in [2.24, 2.45) is 0 Å². The first-order valence-corrected chi connectivity index (χ1v) is 11.6. The minimum absolute atomic E-state index is 0.103. The quantitative estimate of drug-likeness (QED) is 0.678. The van der Waals surface area contributed by atoms with Gasteiger partial charge in [-0.25, -0.2) is 0 Å². The van der Waals surface area contributed by atoms with Gasteiger partial charge >= 0.3 is 0 Å². The highest BCUT2D eigenvalue weighted by molar-refractivity contribution is 7.10. The molecule has 2 fully saturated rings. The van der Waals surface area contributed by atoms with E-state index < -0.39 is 0 Å². The first-order chi connectivity index (χ1) is 14.7. The number of carbonyl (C=O) groups excluding carboxylic acids is 1. The van der Waals surface area contributed by atoms with Crippen molar-refractivity contribution in [1.29, 1.82) is 0 Å². The van der Waals surface area contributed by atoms with Crippen LogP contribution in [0.25, 0.3) is 10.8 Å². The predicted octanol–water partition coefficient (Wildman–Crippen LogP) is 3.00. The molecule has 2 aliphatic rings. The Morgan fingerprint density at radius 1 is 1.20 bits per heavy atom. The number of phenolic OH excluding ortho intramolecular Hbond substituents is 1. The molecule has 3 heterocycles. The summed E-state index contributed by atoms with van der Waals surface area (Å²) in [6, 6.07) is 14.7. The van der Waals surface area contributed by atoms with E-state index in [4.69, 9.17) is 4.74 Å². The van der Waals surface area contributed by atoms with Crippen LogP contribution in [0.4, 0.5) is 0 Å². The third-order valence-electron chi connectivity index (χ3n) is 6.43. The number of hydrogen-bond acceptors (Lipinski definition) is 4. The van der Waals surface area contributed by atoms with Crippen molar-refractivity contribution >= 4 is 28.0 Å². The summed E-state index contributed by atoms with van der Waals surface area (Å²) in [5.74, 6) is 0.0450. The number of nitrogens with zero attached hydrogens (tertiary/aromatic N) is 1. The standard InChI is InChI=1S/C24H26N2O3S/c27-23-19(24(28)25-10-12-29-13-11-25)15-17-5-1-2-6-18(17)20(23)16-26-9-3-7-21(26)22-8-4-14-30-22/h1-2,4-6,8,14-15,21,27H,3,7,9-13,16H2/p+1/t21-/m0/s1. The zero-order chi connectivity index (χ0) is 20.5. The predicted molar refractivity (Wildman–Crippen MR) is 118 cm³/mol. The number of rotatable bonds is 4. The molecule has 30 heavy (non-hydrogen) atoms. The summed E-state index contributed by atoms with van der Waals surface area (Å²) in [4.78, 5) is 17.9. The molecule has 5 nitrogen and oxygen atoms in total. The maximum absolute atomic E-state index is 13.2. The van der Waals surface area contributed by atoms with Crippen LogP contribution < -0.4 is 4.90 Å². The van der Waals surface area contributed by atoms with Crippen molar-refractivity contribution in [3.05, 3.63) is 63.8 Å². The molecule has 2 atom stereocenters. The fourth-order valence-corrected chi connectivity index (χ4v) is 5.79. The van der Waals surface area contributed by atoms with Gasteiger partial charge in [0, 0.05) is 25.9 Å². The molecule has 5 rings (SSSR count). The molecule has 156 valence electrons. The summed E-state index contributed by atoms with van der Waals surface area (Å²) < 4.78 is 5.39. The van der Waals surface area contributed by atoms with Crippen LogP contribution in [0.1, 0.15) is 39.7 Å². The maximum atomic E-state index is 13.2. The highest BCUT2D eigenvalue weighted by Gasteiger charge is 2.33. The summed E-state index contributed by atoms with van der Waals surface area (Å²) >= 11 is 1.81. The van der Waals surface area contributed by atoms with Crippen LogP contribution in [0.5, 0.6) is 5.75 Å². The third-order valence-corrected chi connectivity index (χ3v) is 7.42. The average Bonchev–Trinajstić information content (AvgIpc) is 3.47. The number of fused-ring (bicyclic) bond motifs is 1. The van der Waals surface area contributed by atoms with E-state index in [0.29, 0.717) is 37.9 Å². The van der Waals surface area contributed by atoms with Crippen molar-refractivity contribution in [2.75, 3.05) is 32.8 Å². The Morgan fingerprint density at radius 2 is 2.03 bits per heavy atom. The second-order valence-corrected chi connectivity index (χ2v) is 9.15. The number of hydrogen-bond donors (Lipinski definition) is 2. The Kier molecular flexibility index (Phi) is 5.46. The van der Waals surface area contributed by atoms with Gasteiger partial charge in [-0.2, -0.15) is 0 Å². The molecule has 0 radical (unpaired) electrons. The molecule has 0 spiro atoms. The van der Waals surface area contributed by atoms with Crippen LogP contribution in [0.3, 0.4) is 0 Å². The number of thiophene rings is 1. The molecule has 0 bridgehead atoms. The number of ether oxygens (including phenoxy) is 1. The number of likely N-dealkylation sites (tertiary alicyclic amines) is 1. The second kappa shape index (κ2) is 8.38. The van der Waals surface area contributed by atoms with Gasteiger partial charge in [-0.1, -0.05) is 30.3 Å². The Balaban J connectivity index is 1.53. The Hall–Kier alpha value is -2.41. The summed E-state index contributed by atoms with van der Waals surface area (Å²) in [7, 11) is 0. The van der Waals surface area contributed by atoms with E-state index in [9.17, 15) is 9.90 Å². The van der Waals surface area contributed by atoms with Gasteiger partial charge in [-0.05, 0) is 28.3 Å². The van der Waals surface area contributed by atoms with Gasteiger partial charge in [0.25, 0.3) is 5.91 Å². The fraction of sp³-hybridized carbons (Fsp3) is 0.375. The van der Waals surface area contributed by atoms with Crippen LogP contribution >= 0.6 is 11.3 Å². The van der Waals surface area contributed by atoms with E-state index in [1.807, 2.05) is 35.6 Å². The van der Waals surface area contributed by atoms with E-state index in [1.54, 1.807) is 4.90 Å². The number of aromatic hydroxyl groups is 1. The van der Waals surface area contributed by atoms with E-state index >= 15 is 0 Å². The summed E-state index contributed by atoms with van der Waals surface area (Å²) in [5, 5.41) is 15.5. The largest absolute Gasteiger partial charge is 0.507 e. The van der Waals surface area contributed by atoms with Gasteiger partial charge in [-0.15, -0.1) is 11.3 Å². The van der Waals surface area contributed by atoms with Crippen molar-refractivity contribution in [2.45, 2.75) is 25.4 Å². The molecule has 2 saturated heterocycles. The lowest BCUT2D eigenvalue weighted by molar-refractivity contribution is -0.931. The Labute approximate surface area is 180 Å². The third kappa shape index (κ3) is 3.60. The Bertz CT molecular complexity index is 1040. The normalized spacial score (nSPS) is 21.9. The number of amides is 1. The topological polar surface area (TPSA) is 54.2 Å². The molecular formula is C24H27N2O3S+. The van der Waals surface area contributed by atoms with Crippen molar-refractivity contribution in [3.8, 4) is 5.75 Å². The lowest BCUT2D eigenvalue weighted by atomic mass is 9.97. The van der Waals surface area contributed by atoms with Gasteiger partial charge in [0.05, 0.1) is 35.8 Å². The number of carbonyl (C=O) groups is 1. The van der Waals surface area contributed by atoms with Crippen LogP contribution in [0.2, 0.25) is 0 Å². The number of nitrogens with one attached hydrogen (secondary N) is 1. The highest BCUT2D eigenvalue weighted by Crippen LogP contribution is 2.33. The van der Waals surface area contributed by atoms with Crippen LogP contribution in [0, 0.1) is 0 Å². The van der Waals surface area contributed by atoms with E-state index in [1.165, 1.54) is 22.6 Å². The average molecular weight is 424 g/mol. The molecule has 1 unspecified atom stereocenters. The summed E-state index contributed by atoms with van der Waals surface area (Å²) in [6.07, 6.45) is 2.35. The van der Waals surface area contributed by atoms with Gasteiger partial charge in [0.1, 0.15) is 18.3 Å². The second-order valence-electron chi connectivity index (χ2n) is 8.17. The van der Waals surface area contributed by atoms with Crippen LogP contribution in [-0.2, 0) is 11.3 Å². The molecule has 1 amide bonds. The molecule has 2 aliphatic heterocycles. The molecule has 2 aromatic carbocycles. The molecule has 0 saturated carbocycles. The fourth-order valence-electron chi connectivity index (χ4n) is 4.87. The summed E-state index contributed by atoms with van der Waals surface area (Å²) in [5.41, 5.74) is 1.31. The molecule has 2 N–H and O–H groups in total. The van der Waals surface area contributed by atoms with E-state index in [2.05, 4.69) is 23.6 Å². The van der Waals surface area contributed by atoms with Gasteiger partial charge < -0.3 is 19.6 Å². The van der Waals surface area contributed by atoms with Crippen LogP contribution in [0.15, 0.2) is 47.8 Å². The van der Waals surface area contributed by atoms with E-state index in [-0.39, 0.29) is 11.7 Å². The van der Waals surface area contributed by atoms with Gasteiger partial charge in [-0.3, -0.25) is 4.79 Å². The van der Waals surface area contributed by atoms with Crippen molar-refractivity contribution in [1.82, 2.24) is 4.90 Å². The zero-order valence-corrected chi connectivity index (χ0v) is 17.8. The lowest BCUT2D eigenvalue weighted by Crippen LogP contribution is -3.08. The minimum Gasteiger partial charge on any atom is -0.507 e. The number of morpholine rings is 1. The van der Waals surface area contributed by atoms with E-state index in [0.717, 1.165) is 29.4 Å². The lowest BCUT2D eigenvalue weighted by Gasteiger charge is -2.28. The number of quaternary nitrogens is 1. The number of phenols is 1. The highest BCUT2D eigenvalue weighted by atomic mass is 32.1. The van der Waals surface area contributed by atoms with Gasteiger partial charge in [0.2, 0.25) is 0 Å². The maximum Gasteiger partial charge on any atom is 0.257 e. The smallest absolute Gasteiger partial charge is 0.257 e. The Morgan fingerprint density at radius 3 is 2.83 bits per heavy atom. The molecule has 6 heteroatoms. The van der Waals surface area contributed by atoms with Crippen LogP contribution in [-0.4, -0.2) is 48.8 Å². The molecule has 0 aliphatic carbocycles. The minimum atomic E-state index is -0.103. The molecule has 3 aromatic rings. The molecule has 1 aromatic heterocycles. The molecular weight excluding hydrogens is 396 g/mol. The number of benzene rings is 2. The van der Waals surface area contributed by atoms with Crippen molar-refractivity contribution < 1.29 is 19.5 Å². The SMILES string of the molecule is O=C(c1cc2ccccc2c(C[NH+]2CCC[C@H]2c2cccs2)c1O)N1CCOCC1. The zero-order valence-electron chi connectivity index (χ0n) is 17.0.